The Morgan fingerprint density at radius 1 is 1.50 bits per heavy atom. The maximum atomic E-state index is 10.9. The Morgan fingerprint density at radius 3 is 2.72 bits per heavy atom. The van der Waals surface area contributed by atoms with Gasteiger partial charge in [-0.2, -0.15) is 10.2 Å². The fraction of sp³-hybridized carbons (Fsp3) is 0.417. The van der Waals surface area contributed by atoms with Gasteiger partial charge in [-0.15, -0.1) is 0 Å². The van der Waals surface area contributed by atoms with E-state index in [1.165, 1.54) is 6.20 Å². The highest BCUT2D eigenvalue weighted by molar-refractivity contribution is 5.88. The summed E-state index contributed by atoms with van der Waals surface area (Å²) < 4.78 is 3.49. The molecule has 0 aromatic carbocycles. The number of aryl methyl sites for hydroxylation is 2. The van der Waals surface area contributed by atoms with Crippen molar-refractivity contribution >= 4 is 5.97 Å². The number of rotatable bonds is 4. The third kappa shape index (κ3) is 2.13. The number of aromatic carboxylic acids is 1. The summed E-state index contributed by atoms with van der Waals surface area (Å²) in [5.41, 5.74) is 2.93. The minimum Gasteiger partial charge on any atom is -0.478 e. The predicted octanol–water partition coefficient (Wildman–Crippen LogP) is 1.23. The Morgan fingerprint density at radius 2 is 2.22 bits per heavy atom. The molecule has 0 saturated heterocycles. The molecule has 0 radical (unpaired) electrons. The zero-order valence-electron chi connectivity index (χ0n) is 10.7. The number of hydrogen-bond acceptors (Lipinski definition) is 3. The van der Waals surface area contributed by atoms with Crippen LogP contribution in [0.15, 0.2) is 12.3 Å². The van der Waals surface area contributed by atoms with Crippen molar-refractivity contribution in [2.24, 2.45) is 7.05 Å². The van der Waals surface area contributed by atoms with E-state index in [4.69, 9.17) is 5.11 Å². The lowest BCUT2D eigenvalue weighted by Gasteiger charge is -2.04. The van der Waals surface area contributed by atoms with E-state index in [0.717, 1.165) is 17.8 Å². The van der Waals surface area contributed by atoms with E-state index in [9.17, 15) is 4.79 Å². The second-order valence-electron chi connectivity index (χ2n) is 4.21. The van der Waals surface area contributed by atoms with Crippen LogP contribution in [0.5, 0.6) is 0 Å². The van der Waals surface area contributed by atoms with Gasteiger partial charge in [0, 0.05) is 7.05 Å². The molecule has 0 aliphatic carbocycles. The molecular formula is C12H16N4O2. The van der Waals surface area contributed by atoms with Gasteiger partial charge in [-0.1, -0.05) is 6.92 Å². The lowest BCUT2D eigenvalue weighted by Crippen LogP contribution is -2.09. The van der Waals surface area contributed by atoms with E-state index in [1.54, 1.807) is 16.3 Å². The van der Waals surface area contributed by atoms with Crippen molar-refractivity contribution < 1.29 is 9.90 Å². The van der Waals surface area contributed by atoms with Crippen LogP contribution in [-0.2, 0) is 20.0 Å². The van der Waals surface area contributed by atoms with E-state index in [1.807, 2.05) is 20.0 Å². The van der Waals surface area contributed by atoms with Crippen LogP contribution in [0.4, 0.5) is 0 Å². The van der Waals surface area contributed by atoms with Gasteiger partial charge in [-0.25, -0.2) is 4.79 Å². The first-order chi connectivity index (χ1) is 8.52. The summed E-state index contributed by atoms with van der Waals surface area (Å²) in [5, 5.41) is 17.4. The second kappa shape index (κ2) is 4.64. The third-order valence-corrected chi connectivity index (χ3v) is 3.03. The summed E-state index contributed by atoms with van der Waals surface area (Å²) in [6.07, 6.45) is 2.26. The monoisotopic (exact) mass is 248 g/mol. The molecule has 2 rings (SSSR count). The maximum Gasteiger partial charge on any atom is 0.339 e. The van der Waals surface area contributed by atoms with Crippen molar-refractivity contribution in [2.45, 2.75) is 26.8 Å². The van der Waals surface area contributed by atoms with Crippen molar-refractivity contribution in [3.63, 3.8) is 0 Å². The number of aromatic nitrogens is 4. The van der Waals surface area contributed by atoms with Crippen molar-refractivity contribution in [3.05, 3.63) is 34.9 Å². The summed E-state index contributed by atoms with van der Waals surface area (Å²) in [4.78, 5) is 10.9. The first-order valence-corrected chi connectivity index (χ1v) is 5.80. The molecule has 0 amide bonds. The molecule has 0 saturated carbocycles. The molecule has 96 valence electrons. The van der Waals surface area contributed by atoms with Crippen molar-refractivity contribution in [3.8, 4) is 0 Å². The Kier molecular flexibility index (Phi) is 3.18. The molecule has 0 aliphatic rings. The van der Waals surface area contributed by atoms with E-state index in [2.05, 4.69) is 10.2 Å². The summed E-state index contributed by atoms with van der Waals surface area (Å²) in [6, 6.07) is 2.02. The summed E-state index contributed by atoms with van der Waals surface area (Å²) in [5.74, 6) is -0.946. The van der Waals surface area contributed by atoms with Crippen LogP contribution in [0.3, 0.4) is 0 Å². The molecular weight excluding hydrogens is 232 g/mol. The zero-order chi connectivity index (χ0) is 13.3. The normalized spacial score (nSPS) is 10.8. The van der Waals surface area contributed by atoms with Crippen LogP contribution in [-0.4, -0.2) is 30.6 Å². The van der Waals surface area contributed by atoms with Crippen LogP contribution >= 0.6 is 0 Å². The molecule has 1 N–H and O–H groups in total. The number of nitrogens with zero attached hydrogens (tertiary/aromatic N) is 4. The van der Waals surface area contributed by atoms with Gasteiger partial charge in [0.1, 0.15) is 5.56 Å². The minimum atomic E-state index is -0.946. The number of carbonyl (C=O) groups is 1. The Bertz CT molecular complexity index is 583. The average molecular weight is 248 g/mol. The molecule has 18 heavy (non-hydrogen) atoms. The van der Waals surface area contributed by atoms with Crippen LogP contribution in [0.1, 0.15) is 34.4 Å². The van der Waals surface area contributed by atoms with Gasteiger partial charge in [-0.05, 0) is 19.4 Å². The standard InChI is InChI=1S/C12H16N4O2/c1-4-9-5-10(15(3)14-9)7-16-8(2)11(6-13-16)12(17)18/h5-6H,4,7H2,1-3H3,(H,17,18). The second-order valence-corrected chi connectivity index (χ2v) is 4.21. The molecule has 6 nitrogen and oxygen atoms in total. The topological polar surface area (TPSA) is 72.9 Å². The van der Waals surface area contributed by atoms with Gasteiger partial charge in [0.25, 0.3) is 0 Å². The Hall–Kier alpha value is -2.11. The summed E-state index contributed by atoms with van der Waals surface area (Å²) >= 11 is 0. The zero-order valence-corrected chi connectivity index (χ0v) is 10.7. The van der Waals surface area contributed by atoms with Crippen LogP contribution in [0, 0.1) is 6.92 Å². The fourth-order valence-electron chi connectivity index (χ4n) is 1.86. The van der Waals surface area contributed by atoms with Crippen molar-refractivity contribution in [2.75, 3.05) is 0 Å². The number of hydrogen-bond donors (Lipinski definition) is 1. The summed E-state index contributed by atoms with van der Waals surface area (Å²) in [7, 11) is 1.88. The molecule has 0 atom stereocenters. The highest BCUT2D eigenvalue weighted by atomic mass is 16.4. The van der Waals surface area contributed by atoms with Gasteiger partial charge in [0.05, 0.1) is 29.8 Å². The smallest absolute Gasteiger partial charge is 0.339 e. The Labute approximate surface area is 105 Å². The van der Waals surface area contributed by atoms with E-state index < -0.39 is 5.97 Å². The minimum absolute atomic E-state index is 0.243. The lowest BCUT2D eigenvalue weighted by atomic mass is 10.2. The largest absolute Gasteiger partial charge is 0.478 e. The molecule has 2 heterocycles. The quantitative estimate of drug-likeness (QED) is 0.883. The first-order valence-electron chi connectivity index (χ1n) is 5.80. The molecule has 0 bridgehead atoms. The predicted molar refractivity (Wildman–Crippen MR) is 65.6 cm³/mol. The van der Waals surface area contributed by atoms with Gasteiger partial charge in [0.2, 0.25) is 0 Å². The third-order valence-electron chi connectivity index (χ3n) is 3.03. The Balaban J connectivity index is 2.28. The molecule has 0 spiro atoms. The molecule has 2 aromatic rings. The molecule has 0 aliphatic heterocycles. The highest BCUT2D eigenvalue weighted by Gasteiger charge is 2.14. The number of carboxylic acids is 1. The van der Waals surface area contributed by atoms with E-state index in [-0.39, 0.29) is 5.56 Å². The highest BCUT2D eigenvalue weighted by Crippen LogP contribution is 2.11. The van der Waals surface area contributed by atoms with Gasteiger partial charge < -0.3 is 5.11 Å². The van der Waals surface area contributed by atoms with Crippen molar-refractivity contribution in [1.29, 1.82) is 0 Å². The summed E-state index contributed by atoms with van der Waals surface area (Å²) in [6.45, 7) is 4.34. The first kappa shape index (κ1) is 12.3. The molecule has 6 heteroatoms. The maximum absolute atomic E-state index is 10.9. The van der Waals surface area contributed by atoms with Crippen LogP contribution in [0.2, 0.25) is 0 Å². The molecule has 2 aromatic heterocycles. The fourth-order valence-corrected chi connectivity index (χ4v) is 1.86. The molecule has 0 unspecified atom stereocenters. The van der Waals surface area contributed by atoms with E-state index in [0.29, 0.717) is 12.2 Å². The van der Waals surface area contributed by atoms with Crippen LogP contribution in [0.25, 0.3) is 0 Å². The number of carboxylic acid groups (broad SMARTS) is 1. The van der Waals surface area contributed by atoms with Gasteiger partial charge >= 0.3 is 5.97 Å². The van der Waals surface area contributed by atoms with Crippen LogP contribution < -0.4 is 0 Å². The van der Waals surface area contributed by atoms with Crippen molar-refractivity contribution in [1.82, 2.24) is 19.6 Å². The molecule has 0 fully saturated rings. The lowest BCUT2D eigenvalue weighted by molar-refractivity contribution is 0.0696. The van der Waals surface area contributed by atoms with Gasteiger partial charge in [0.15, 0.2) is 0 Å². The van der Waals surface area contributed by atoms with E-state index >= 15 is 0 Å². The van der Waals surface area contributed by atoms with Gasteiger partial charge in [-0.3, -0.25) is 9.36 Å². The average Bonchev–Trinajstić information content (AvgIpc) is 2.85. The SMILES string of the molecule is CCc1cc(Cn2ncc(C(=O)O)c2C)n(C)n1.